The van der Waals surface area contributed by atoms with Crippen LogP contribution < -0.4 is 20.1 Å². The Morgan fingerprint density at radius 3 is 2.38 bits per heavy atom. The number of pyridine rings is 1. The van der Waals surface area contributed by atoms with Crippen molar-refractivity contribution in [1.82, 2.24) is 0 Å². The van der Waals surface area contributed by atoms with E-state index in [0.717, 1.165) is 25.9 Å². The van der Waals surface area contributed by atoms with Gasteiger partial charge in [0, 0.05) is 35.4 Å². The molecule has 0 spiro atoms. The topological polar surface area (TPSA) is 36.4 Å². The highest BCUT2D eigenvalue weighted by Crippen LogP contribution is 2.45. The number of aromatic nitrogens is 1. The van der Waals surface area contributed by atoms with Gasteiger partial charge in [-0.05, 0) is 62.2 Å². The van der Waals surface area contributed by atoms with Gasteiger partial charge in [0.25, 0.3) is 5.82 Å². The van der Waals surface area contributed by atoms with Crippen LogP contribution in [0.2, 0.25) is 0 Å². The lowest BCUT2D eigenvalue weighted by atomic mass is 10.0. The molecule has 0 saturated carbocycles. The molecule has 0 fully saturated rings. The number of anilines is 2. The first-order chi connectivity index (χ1) is 17.9. The van der Waals surface area contributed by atoms with Crippen LogP contribution in [0, 0.1) is 0 Å². The quantitative estimate of drug-likeness (QED) is 0.259. The van der Waals surface area contributed by atoms with Gasteiger partial charge < -0.3 is 10.6 Å². The second-order valence-corrected chi connectivity index (χ2v) is 11.5. The Morgan fingerprint density at radius 1 is 0.946 bits per heavy atom. The van der Waals surface area contributed by atoms with Gasteiger partial charge in [-0.15, -0.1) is 0 Å². The zero-order valence-electron chi connectivity index (χ0n) is 22.3. The fourth-order valence-electron chi connectivity index (χ4n) is 4.93. The minimum absolute atomic E-state index is 0.222. The monoisotopic (exact) mass is 509 g/mol. The molecule has 5 heteroatoms. The van der Waals surface area contributed by atoms with Gasteiger partial charge in [0.15, 0.2) is 0 Å². The average molecular weight is 510 g/mol. The molecule has 0 amide bonds. The molecule has 0 atom stereocenters. The first kappa shape index (κ1) is 25.4. The molecule has 0 saturated heterocycles. The van der Waals surface area contributed by atoms with E-state index < -0.39 is 0 Å². The van der Waals surface area contributed by atoms with E-state index in [-0.39, 0.29) is 5.54 Å². The van der Waals surface area contributed by atoms with E-state index in [1.807, 2.05) is 11.8 Å². The van der Waals surface area contributed by atoms with Crippen LogP contribution in [-0.4, -0.2) is 25.7 Å². The highest BCUT2D eigenvalue weighted by Gasteiger charge is 2.27. The summed E-state index contributed by atoms with van der Waals surface area (Å²) in [5.74, 6) is 1.20. The van der Waals surface area contributed by atoms with Crippen LogP contribution in [0.5, 0.6) is 0 Å². The molecule has 4 nitrogen and oxygen atoms in total. The van der Waals surface area contributed by atoms with E-state index in [4.69, 9.17) is 5.73 Å². The molecule has 4 aromatic rings. The van der Waals surface area contributed by atoms with Gasteiger partial charge in [-0.3, -0.25) is 4.90 Å². The predicted octanol–water partition coefficient (Wildman–Crippen LogP) is 7.00. The minimum Gasteiger partial charge on any atom is -0.338 e. The molecule has 190 valence electrons. The van der Waals surface area contributed by atoms with Crippen LogP contribution in [0.4, 0.5) is 11.5 Å². The summed E-state index contributed by atoms with van der Waals surface area (Å²) in [7, 11) is 2.16. The molecule has 1 aromatic heterocycles. The first-order valence-corrected chi connectivity index (χ1v) is 14.0. The van der Waals surface area contributed by atoms with Gasteiger partial charge in [0.05, 0.1) is 23.8 Å². The molecule has 0 unspecified atom stereocenters. The van der Waals surface area contributed by atoms with E-state index in [1.165, 1.54) is 43.6 Å². The van der Waals surface area contributed by atoms with Gasteiger partial charge in [-0.2, -0.15) is 4.57 Å². The molecule has 5 rings (SSSR count). The molecule has 2 N–H and O–H groups in total. The minimum atomic E-state index is -0.222. The molecular weight excluding hydrogens is 472 g/mol. The van der Waals surface area contributed by atoms with Crippen molar-refractivity contribution < 1.29 is 4.57 Å². The van der Waals surface area contributed by atoms with Gasteiger partial charge >= 0.3 is 0 Å². The van der Waals surface area contributed by atoms with Gasteiger partial charge in [0.2, 0.25) is 0 Å². The van der Waals surface area contributed by atoms with Crippen molar-refractivity contribution in [3.63, 3.8) is 0 Å². The third-order valence-corrected chi connectivity index (χ3v) is 8.04. The predicted molar refractivity (Wildman–Crippen MR) is 160 cm³/mol. The molecule has 1 aliphatic rings. The molecule has 0 radical (unpaired) electrons. The van der Waals surface area contributed by atoms with Gasteiger partial charge in [-0.25, -0.2) is 0 Å². The van der Waals surface area contributed by atoms with Crippen molar-refractivity contribution in [3.05, 3.63) is 95.5 Å². The second kappa shape index (κ2) is 10.6. The van der Waals surface area contributed by atoms with E-state index in [9.17, 15) is 0 Å². The van der Waals surface area contributed by atoms with Crippen molar-refractivity contribution in [2.24, 2.45) is 5.73 Å². The Bertz CT molecular complexity index is 1420. The third-order valence-electron chi connectivity index (χ3n) is 6.88. The maximum atomic E-state index is 6.44. The van der Waals surface area contributed by atoms with Gasteiger partial charge in [0.1, 0.15) is 11.2 Å². The summed E-state index contributed by atoms with van der Waals surface area (Å²) in [4.78, 5) is 6.11. The fourth-order valence-corrected chi connectivity index (χ4v) is 6.03. The lowest BCUT2D eigenvalue weighted by molar-refractivity contribution is -0.553. The third kappa shape index (κ3) is 5.39. The SMILES string of the molecule is CCCN(CCC(C)(C)N)c1cc(C=C2Sc3ccccc3N2C)c2ccccc2[n+]1-c1ccccc1. The van der Waals surface area contributed by atoms with Crippen LogP contribution in [0.3, 0.4) is 0 Å². The maximum Gasteiger partial charge on any atom is 0.282 e. The normalized spacial score (nSPS) is 14.4. The summed E-state index contributed by atoms with van der Waals surface area (Å²) in [6.45, 7) is 8.35. The van der Waals surface area contributed by atoms with Gasteiger partial charge in [-0.1, -0.05) is 67.2 Å². The largest absolute Gasteiger partial charge is 0.338 e. The Balaban J connectivity index is 1.71. The highest BCUT2D eigenvalue weighted by molar-refractivity contribution is 8.03. The summed E-state index contributed by atoms with van der Waals surface area (Å²) in [6.07, 6.45) is 4.33. The maximum absolute atomic E-state index is 6.44. The number of rotatable bonds is 8. The molecule has 2 heterocycles. The summed E-state index contributed by atoms with van der Waals surface area (Å²) in [6, 6.07) is 30.5. The lowest BCUT2D eigenvalue weighted by Crippen LogP contribution is -2.44. The molecule has 0 aliphatic carbocycles. The molecule has 0 bridgehead atoms. The molecule has 3 aromatic carbocycles. The molecular formula is C32H37N4S+. The number of fused-ring (bicyclic) bond motifs is 2. The Hall–Kier alpha value is -3.28. The van der Waals surface area contributed by atoms with Crippen molar-refractivity contribution in [2.75, 3.05) is 29.9 Å². The smallest absolute Gasteiger partial charge is 0.282 e. The zero-order chi connectivity index (χ0) is 26.0. The Labute approximate surface area is 225 Å². The highest BCUT2D eigenvalue weighted by atomic mass is 32.2. The number of benzene rings is 3. The average Bonchev–Trinajstić information content (AvgIpc) is 3.21. The summed E-state index contributed by atoms with van der Waals surface area (Å²) >= 11 is 1.84. The van der Waals surface area contributed by atoms with E-state index in [2.05, 4.69) is 133 Å². The lowest BCUT2D eigenvalue weighted by Gasteiger charge is -2.25. The Kier molecular flexibility index (Phi) is 7.27. The number of para-hydroxylation sites is 3. The fraction of sp³-hybridized carbons (Fsp3) is 0.281. The van der Waals surface area contributed by atoms with Crippen molar-refractivity contribution in [1.29, 1.82) is 0 Å². The van der Waals surface area contributed by atoms with Crippen LogP contribution in [0.15, 0.2) is 94.9 Å². The summed E-state index contributed by atoms with van der Waals surface area (Å²) < 4.78 is 2.41. The number of nitrogens with zero attached hydrogens (tertiary/aromatic N) is 3. The summed E-state index contributed by atoms with van der Waals surface area (Å²) in [5.41, 5.74) is 11.1. The second-order valence-electron chi connectivity index (χ2n) is 10.5. The van der Waals surface area contributed by atoms with Crippen LogP contribution in [-0.2, 0) is 0 Å². The van der Waals surface area contributed by atoms with Crippen LogP contribution in [0.25, 0.3) is 22.7 Å². The number of nitrogens with two attached hydrogens (primary N) is 1. The zero-order valence-corrected chi connectivity index (χ0v) is 23.1. The standard InChI is InChI=1S/C32H37N4S/c1-5-20-35(21-19-32(2,3)33)30-22-24(23-31-34(4)28-17-11-12-18-29(28)37-31)26-15-9-10-16-27(26)36(30)25-13-7-6-8-14-25/h6-18,22-23H,5,19-21,33H2,1-4H3/q+1. The first-order valence-electron chi connectivity index (χ1n) is 13.1. The van der Waals surface area contributed by atoms with E-state index in [0.29, 0.717) is 0 Å². The van der Waals surface area contributed by atoms with E-state index in [1.54, 1.807) is 0 Å². The van der Waals surface area contributed by atoms with Crippen molar-refractivity contribution in [2.45, 2.75) is 44.0 Å². The molecule has 1 aliphatic heterocycles. The van der Waals surface area contributed by atoms with Crippen molar-refractivity contribution >= 4 is 40.2 Å². The van der Waals surface area contributed by atoms with E-state index >= 15 is 0 Å². The number of hydrogen-bond donors (Lipinski definition) is 1. The number of thioether (sulfide) groups is 1. The van der Waals surface area contributed by atoms with Crippen LogP contribution in [0.1, 0.15) is 39.2 Å². The number of hydrogen-bond acceptors (Lipinski definition) is 4. The Morgan fingerprint density at radius 2 is 1.65 bits per heavy atom. The summed E-state index contributed by atoms with van der Waals surface area (Å²) in [5, 5.41) is 2.48. The van der Waals surface area contributed by atoms with Crippen LogP contribution >= 0.6 is 11.8 Å². The molecule has 37 heavy (non-hydrogen) atoms. The van der Waals surface area contributed by atoms with Crippen molar-refractivity contribution in [3.8, 4) is 5.69 Å².